The Balaban J connectivity index is 1.64. The molecule has 3 heterocycles. The Morgan fingerprint density at radius 3 is 2.13 bits per heavy atom. The molecule has 0 aliphatic carbocycles. The number of benzene rings is 2. The number of halogens is 3. The second-order valence-corrected chi connectivity index (χ2v) is 19.0. The molecule has 242 valence electrons. The lowest BCUT2D eigenvalue weighted by molar-refractivity contribution is -0.262. The van der Waals surface area contributed by atoms with E-state index in [1.54, 1.807) is 0 Å². The average Bonchev–Trinajstić information content (AvgIpc) is 3.42. The van der Waals surface area contributed by atoms with Crippen LogP contribution in [-0.2, 0) is 18.8 Å². The van der Waals surface area contributed by atoms with Crippen molar-refractivity contribution in [1.29, 1.82) is 0 Å². The smallest absolute Gasteiger partial charge is 0.303 e. The maximum Gasteiger partial charge on any atom is 0.303 e. The molecule has 4 atom stereocenters. The number of nitrogens with zero attached hydrogens (tertiary/aromatic N) is 2. The average molecular weight is 697 g/mol. The van der Waals surface area contributed by atoms with Gasteiger partial charge in [0.15, 0.2) is 11.8 Å². The quantitative estimate of drug-likeness (QED) is 0.131. The van der Waals surface area contributed by atoms with Crippen molar-refractivity contribution in [1.82, 2.24) is 20.9 Å². The minimum Gasteiger partial charge on any atom is -0.455 e. The van der Waals surface area contributed by atoms with Gasteiger partial charge < -0.3 is 34.9 Å². The molecule has 0 bridgehead atoms. The number of nitrogens with one attached hydrogen (secondary N) is 3. The summed E-state index contributed by atoms with van der Waals surface area (Å²) in [6, 6.07) is 18.2. The molecule has 2 aromatic carbocycles. The number of rotatable bonds is 6. The first kappa shape index (κ1) is 33.5. The number of carbonyl (C=O) groups excluding carboxylic acids is 2. The Morgan fingerprint density at radius 2 is 1.64 bits per heavy atom. The van der Waals surface area contributed by atoms with Gasteiger partial charge in [0.05, 0.1) is 25.0 Å². The third kappa shape index (κ3) is 5.60. The lowest BCUT2D eigenvalue weighted by Crippen LogP contribution is -2.78. The molecular weight excluding hydrogens is 661 g/mol. The van der Waals surface area contributed by atoms with Crippen LogP contribution in [0.1, 0.15) is 27.7 Å². The van der Waals surface area contributed by atoms with Gasteiger partial charge in [0.2, 0.25) is 11.7 Å². The van der Waals surface area contributed by atoms with Crippen LogP contribution in [0.4, 0.5) is 0 Å². The van der Waals surface area contributed by atoms with Crippen LogP contribution in [0.2, 0.25) is 5.04 Å². The summed E-state index contributed by atoms with van der Waals surface area (Å²) in [5, 5.41) is 33.9. The lowest BCUT2D eigenvalue weighted by Gasteiger charge is -2.50. The van der Waals surface area contributed by atoms with Crippen molar-refractivity contribution in [2.75, 3.05) is 13.2 Å². The standard InChI is InChI=1S/C30H36Cl3N5O6Si/c1-18-34-24-22(17-43-45(27(3,4)5,20-12-8-6-9-13-20)21-14-10-7-11-15-21)35-26(36-25(40)30(31,32)33)38-16-23(44-19(2)39)29(41,42)28(24,38)37-18/h6-15,22-24,34,37,41-42H,1,16-17H2,2-5H3,(H,35,36,40)/t22-,23?,24-,28?/m0/s1. The third-order valence-electron chi connectivity index (χ3n) is 8.51. The summed E-state index contributed by atoms with van der Waals surface area (Å²) in [5.41, 5.74) is -1.83. The first-order valence-electron chi connectivity index (χ1n) is 14.3. The zero-order valence-corrected chi connectivity index (χ0v) is 28.5. The van der Waals surface area contributed by atoms with E-state index in [4.69, 9.17) is 49.0 Å². The molecule has 11 nitrogen and oxygen atoms in total. The fourth-order valence-electron chi connectivity index (χ4n) is 6.70. The summed E-state index contributed by atoms with van der Waals surface area (Å²) in [6.45, 7) is 11.2. The highest BCUT2D eigenvalue weighted by Gasteiger charge is 2.75. The van der Waals surface area contributed by atoms with E-state index < -0.39 is 53.6 Å². The van der Waals surface area contributed by atoms with Crippen LogP contribution < -0.4 is 26.3 Å². The van der Waals surface area contributed by atoms with E-state index in [1.165, 1.54) is 4.90 Å². The van der Waals surface area contributed by atoms with Crippen LogP contribution in [0.5, 0.6) is 0 Å². The molecule has 0 aromatic heterocycles. The van der Waals surface area contributed by atoms with Crippen LogP contribution in [0.25, 0.3) is 0 Å². The Bertz CT molecular complexity index is 1460. The number of aliphatic hydroxyl groups is 2. The summed E-state index contributed by atoms with van der Waals surface area (Å²) >= 11 is 17.7. The molecule has 5 rings (SSSR count). The molecule has 45 heavy (non-hydrogen) atoms. The molecule has 1 spiro atoms. The summed E-state index contributed by atoms with van der Waals surface area (Å²) in [4.78, 5) is 31.1. The van der Waals surface area contributed by atoms with Gasteiger partial charge in [-0.15, -0.1) is 0 Å². The Kier molecular flexibility index (Phi) is 8.75. The maximum absolute atomic E-state index is 12.9. The van der Waals surface area contributed by atoms with Gasteiger partial charge in [-0.05, 0) is 15.4 Å². The van der Waals surface area contributed by atoms with Crippen molar-refractivity contribution >= 4 is 71.3 Å². The molecule has 2 unspecified atom stereocenters. The highest BCUT2D eigenvalue weighted by atomic mass is 35.6. The van der Waals surface area contributed by atoms with E-state index in [0.717, 1.165) is 17.3 Å². The van der Waals surface area contributed by atoms with Gasteiger partial charge in [-0.25, -0.2) is 4.99 Å². The molecule has 5 N–H and O–H groups in total. The first-order valence-corrected chi connectivity index (χ1v) is 17.3. The highest BCUT2D eigenvalue weighted by Crippen LogP contribution is 2.46. The fourth-order valence-corrected chi connectivity index (χ4v) is 11.4. The van der Waals surface area contributed by atoms with Crippen molar-refractivity contribution in [3.8, 4) is 0 Å². The zero-order valence-electron chi connectivity index (χ0n) is 25.2. The van der Waals surface area contributed by atoms with Crippen molar-refractivity contribution in [3.05, 3.63) is 73.1 Å². The molecule has 0 radical (unpaired) electrons. The topological polar surface area (TPSA) is 145 Å². The monoisotopic (exact) mass is 695 g/mol. The second kappa shape index (κ2) is 11.7. The number of aliphatic imine (C=N–C) groups is 1. The minimum atomic E-state index is -3.08. The molecule has 15 heteroatoms. The molecule has 2 aromatic rings. The second-order valence-electron chi connectivity index (χ2n) is 12.4. The number of hydrogen-bond donors (Lipinski definition) is 5. The van der Waals surface area contributed by atoms with Crippen LogP contribution in [0, 0.1) is 0 Å². The Hall–Kier alpha value is -2.84. The molecule has 2 fully saturated rings. The fraction of sp³-hybridized carbons (Fsp3) is 0.433. The number of esters is 1. The number of guanidine groups is 1. The van der Waals surface area contributed by atoms with Crippen LogP contribution >= 0.6 is 34.8 Å². The predicted octanol–water partition coefficient (Wildman–Crippen LogP) is 1.44. The van der Waals surface area contributed by atoms with E-state index in [0.29, 0.717) is 0 Å². The minimum absolute atomic E-state index is 0.0308. The SMILES string of the molecule is C=C1N[C@H]2[C@H](CO[Si](c3ccccc3)(c3ccccc3)C(C)(C)C)N=C(NC(=O)C(Cl)(Cl)Cl)N3CC(OC(C)=O)C(O)(O)C23N1. The van der Waals surface area contributed by atoms with Gasteiger partial charge in [-0.2, -0.15) is 0 Å². The zero-order chi connectivity index (χ0) is 33.0. The van der Waals surface area contributed by atoms with Crippen LogP contribution in [0.3, 0.4) is 0 Å². The van der Waals surface area contributed by atoms with Gasteiger partial charge in [0, 0.05) is 6.92 Å². The summed E-state index contributed by atoms with van der Waals surface area (Å²) in [5.74, 6) is -4.35. The Labute approximate surface area is 277 Å². The lowest BCUT2D eigenvalue weighted by atomic mass is 9.86. The van der Waals surface area contributed by atoms with E-state index in [2.05, 4.69) is 67.6 Å². The molecule has 2 saturated heterocycles. The first-order chi connectivity index (χ1) is 20.9. The van der Waals surface area contributed by atoms with Crippen molar-refractivity contribution < 1.29 is 29.0 Å². The summed E-state index contributed by atoms with van der Waals surface area (Å²) in [6.07, 6.45) is -1.45. The number of alkyl halides is 3. The van der Waals surface area contributed by atoms with Crippen molar-refractivity contribution in [3.63, 3.8) is 0 Å². The van der Waals surface area contributed by atoms with Gasteiger partial charge in [0.1, 0.15) is 6.04 Å². The largest absolute Gasteiger partial charge is 0.455 e. The van der Waals surface area contributed by atoms with Crippen molar-refractivity contribution in [2.24, 2.45) is 4.99 Å². The summed E-state index contributed by atoms with van der Waals surface area (Å²) < 4.78 is 10.1. The van der Waals surface area contributed by atoms with Crippen molar-refractivity contribution in [2.45, 2.75) is 66.2 Å². The third-order valence-corrected chi connectivity index (χ3v) is 14.0. The van der Waals surface area contributed by atoms with Gasteiger partial charge in [0.25, 0.3) is 18.0 Å². The number of ether oxygens (including phenoxy) is 1. The highest BCUT2D eigenvalue weighted by molar-refractivity contribution is 6.99. The van der Waals surface area contributed by atoms with E-state index in [1.807, 2.05) is 36.4 Å². The Morgan fingerprint density at radius 1 is 1.09 bits per heavy atom. The van der Waals surface area contributed by atoms with Gasteiger partial charge in [-0.3, -0.25) is 14.9 Å². The van der Waals surface area contributed by atoms with Crippen LogP contribution in [0.15, 0.2) is 78.1 Å². The number of amides is 1. The number of hydrogen-bond acceptors (Lipinski definition) is 10. The van der Waals surface area contributed by atoms with E-state index >= 15 is 0 Å². The van der Waals surface area contributed by atoms with E-state index in [-0.39, 0.29) is 30.0 Å². The normalized spacial score (nSPS) is 25.8. The van der Waals surface area contributed by atoms with E-state index in [9.17, 15) is 19.8 Å². The molecule has 3 aliphatic rings. The molecule has 1 amide bonds. The van der Waals surface area contributed by atoms with Gasteiger partial charge in [-0.1, -0.05) is 123 Å². The molecule has 0 saturated carbocycles. The van der Waals surface area contributed by atoms with Crippen LogP contribution in [-0.4, -0.2) is 87.8 Å². The molecule has 3 aliphatic heterocycles. The van der Waals surface area contributed by atoms with Gasteiger partial charge >= 0.3 is 5.97 Å². The summed E-state index contributed by atoms with van der Waals surface area (Å²) in [7, 11) is -3.08. The number of carbonyl (C=O) groups is 2. The molecular formula is C30H36Cl3N5O6Si. The predicted molar refractivity (Wildman–Crippen MR) is 175 cm³/mol. The maximum atomic E-state index is 12.9.